The molecule has 0 radical (unpaired) electrons. The van der Waals surface area contributed by atoms with Crippen LogP contribution in [0.1, 0.15) is 31.0 Å². The van der Waals surface area contributed by atoms with E-state index in [4.69, 9.17) is 0 Å². The molecular formula is C20H22N2O2S. The second-order valence-corrected chi connectivity index (χ2v) is 8.36. The Morgan fingerprint density at radius 1 is 1.04 bits per heavy atom. The van der Waals surface area contributed by atoms with Gasteiger partial charge in [0.2, 0.25) is 0 Å². The number of rotatable bonds is 4. The lowest BCUT2D eigenvalue weighted by Crippen LogP contribution is -2.30. The number of H-pyrrole nitrogens is 1. The highest BCUT2D eigenvalue weighted by Crippen LogP contribution is 2.32. The molecule has 0 amide bonds. The first-order valence-corrected chi connectivity index (χ1v) is 10.3. The summed E-state index contributed by atoms with van der Waals surface area (Å²) >= 11 is 0. The fourth-order valence-corrected chi connectivity index (χ4v) is 5.26. The maximum Gasteiger partial charge on any atom is 0.264 e. The van der Waals surface area contributed by atoms with Gasteiger partial charge in [-0.15, -0.1) is 0 Å². The zero-order valence-corrected chi connectivity index (χ0v) is 15.1. The second-order valence-electron chi connectivity index (χ2n) is 6.50. The van der Waals surface area contributed by atoms with Crippen LogP contribution >= 0.6 is 0 Å². The molecular weight excluding hydrogens is 332 g/mol. The summed E-state index contributed by atoms with van der Waals surface area (Å²) in [6.07, 6.45) is 4.44. The Hall–Kier alpha value is -2.27. The highest BCUT2D eigenvalue weighted by atomic mass is 32.2. The molecule has 0 aliphatic heterocycles. The van der Waals surface area contributed by atoms with E-state index in [1.165, 1.54) is 28.4 Å². The number of aryl methyl sites for hydroxylation is 2. The van der Waals surface area contributed by atoms with Crippen molar-refractivity contribution in [3.63, 3.8) is 0 Å². The van der Waals surface area contributed by atoms with Crippen molar-refractivity contribution < 1.29 is 8.42 Å². The molecule has 1 aromatic heterocycles. The summed E-state index contributed by atoms with van der Waals surface area (Å²) in [5.41, 5.74) is 4.29. The minimum absolute atomic E-state index is 0.359. The third-order valence-corrected chi connectivity index (χ3v) is 6.89. The molecule has 25 heavy (non-hydrogen) atoms. The van der Waals surface area contributed by atoms with Crippen LogP contribution in [0, 0.1) is 0 Å². The second kappa shape index (κ2) is 6.23. The molecule has 5 heteroatoms. The predicted octanol–water partition coefficient (Wildman–Crippen LogP) is 4.26. The first kappa shape index (κ1) is 16.2. The lowest BCUT2D eigenvalue weighted by atomic mass is 9.96. The van der Waals surface area contributed by atoms with Gasteiger partial charge in [-0.25, -0.2) is 8.42 Å². The summed E-state index contributed by atoms with van der Waals surface area (Å²) in [4.78, 5) is 3.82. The van der Waals surface area contributed by atoms with E-state index in [2.05, 4.69) is 4.98 Å². The SMILES string of the molecule is CCN(c1ccccc1)S(=O)(=O)c1ccc2[nH]c3c(c2c1)CCCC3. The van der Waals surface area contributed by atoms with Crippen LogP contribution in [0.3, 0.4) is 0 Å². The molecule has 1 N–H and O–H groups in total. The first-order valence-electron chi connectivity index (χ1n) is 8.82. The van der Waals surface area contributed by atoms with Gasteiger partial charge in [0.05, 0.1) is 10.6 Å². The minimum atomic E-state index is -3.58. The molecule has 1 aliphatic rings. The number of hydrogen-bond donors (Lipinski definition) is 1. The fourth-order valence-electron chi connectivity index (χ4n) is 3.76. The lowest BCUT2D eigenvalue weighted by molar-refractivity contribution is 0.592. The summed E-state index contributed by atoms with van der Waals surface area (Å²) in [6.45, 7) is 2.26. The Labute approximate surface area is 148 Å². The number of hydrogen-bond acceptors (Lipinski definition) is 2. The van der Waals surface area contributed by atoms with Gasteiger partial charge in [-0.05, 0) is 68.5 Å². The lowest BCUT2D eigenvalue weighted by Gasteiger charge is -2.23. The molecule has 1 aliphatic carbocycles. The van der Waals surface area contributed by atoms with E-state index >= 15 is 0 Å². The smallest absolute Gasteiger partial charge is 0.264 e. The molecule has 0 spiro atoms. The monoisotopic (exact) mass is 354 g/mol. The Balaban J connectivity index is 1.82. The molecule has 2 aromatic carbocycles. The van der Waals surface area contributed by atoms with E-state index in [0.717, 1.165) is 23.7 Å². The Morgan fingerprint density at radius 3 is 2.56 bits per heavy atom. The van der Waals surface area contributed by atoms with Gasteiger partial charge in [-0.1, -0.05) is 18.2 Å². The number of para-hydroxylation sites is 1. The van der Waals surface area contributed by atoms with E-state index in [1.807, 2.05) is 49.4 Å². The van der Waals surface area contributed by atoms with Crippen LogP contribution in [0.15, 0.2) is 53.4 Å². The van der Waals surface area contributed by atoms with Crippen molar-refractivity contribution in [2.24, 2.45) is 0 Å². The van der Waals surface area contributed by atoms with Gasteiger partial charge in [-0.2, -0.15) is 0 Å². The first-order chi connectivity index (χ1) is 12.1. The van der Waals surface area contributed by atoms with Gasteiger partial charge in [0, 0.05) is 23.1 Å². The number of fused-ring (bicyclic) bond motifs is 3. The molecule has 130 valence electrons. The summed E-state index contributed by atoms with van der Waals surface area (Å²) in [6, 6.07) is 14.7. The molecule has 0 unspecified atom stereocenters. The molecule has 3 aromatic rings. The summed E-state index contributed by atoms with van der Waals surface area (Å²) in [5, 5.41) is 1.06. The molecule has 1 heterocycles. The van der Waals surface area contributed by atoms with Crippen LogP contribution in [0.2, 0.25) is 0 Å². The number of nitrogens with zero attached hydrogens (tertiary/aromatic N) is 1. The van der Waals surface area contributed by atoms with E-state index < -0.39 is 10.0 Å². The number of nitrogens with one attached hydrogen (secondary N) is 1. The molecule has 0 atom stereocenters. The average molecular weight is 354 g/mol. The Kier molecular flexibility index (Phi) is 4.04. The topological polar surface area (TPSA) is 53.2 Å². The fraction of sp³-hybridized carbons (Fsp3) is 0.300. The predicted molar refractivity (Wildman–Crippen MR) is 102 cm³/mol. The third kappa shape index (κ3) is 2.72. The summed E-state index contributed by atoms with van der Waals surface area (Å²) < 4.78 is 27.9. The zero-order chi connectivity index (χ0) is 17.4. The Morgan fingerprint density at radius 2 is 1.80 bits per heavy atom. The van der Waals surface area contributed by atoms with Crippen molar-refractivity contribution >= 4 is 26.6 Å². The van der Waals surface area contributed by atoms with Gasteiger partial charge in [0.25, 0.3) is 10.0 Å². The van der Waals surface area contributed by atoms with Crippen LogP contribution in [-0.2, 0) is 22.9 Å². The third-order valence-electron chi connectivity index (χ3n) is 4.99. The van der Waals surface area contributed by atoms with Crippen LogP contribution in [-0.4, -0.2) is 19.9 Å². The van der Waals surface area contributed by atoms with Crippen molar-refractivity contribution in [1.29, 1.82) is 0 Å². The van der Waals surface area contributed by atoms with Crippen molar-refractivity contribution in [2.75, 3.05) is 10.8 Å². The van der Waals surface area contributed by atoms with Crippen molar-refractivity contribution in [1.82, 2.24) is 4.98 Å². The van der Waals surface area contributed by atoms with Gasteiger partial charge >= 0.3 is 0 Å². The van der Waals surface area contributed by atoms with E-state index in [9.17, 15) is 8.42 Å². The van der Waals surface area contributed by atoms with Gasteiger partial charge in [-0.3, -0.25) is 4.31 Å². The largest absolute Gasteiger partial charge is 0.358 e. The highest BCUT2D eigenvalue weighted by Gasteiger charge is 2.25. The van der Waals surface area contributed by atoms with Gasteiger partial charge in [0.1, 0.15) is 0 Å². The van der Waals surface area contributed by atoms with E-state index in [0.29, 0.717) is 17.1 Å². The number of aromatic nitrogens is 1. The van der Waals surface area contributed by atoms with Crippen molar-refractivity contribution in [3.8, 4) is 0 Å². The van der Waals surface area contributed by atoms with Crippen molar-refractivity contribution in [3.05, 3.63) is 59.8 Å². The Bertz CT molecular complexity index is 1010. The average Bonchev–Trinajstić information content (AvgIpc) is 3.01. The summed E-state index contributed by atoms with van der Waals surface area (Å²) in [7, 11) is -3.58. The van der Waals surface area contributed by atoms with Crippen LogP contribution < -0.4 is 4.31 Å². The number of anilines is 1. The molecule has 4 rings (SSSR count). The molecule has 4 nitrogen and oxygen atoms in total. The maximum atomic E-state index is 13.2. The molecule has 0 bridgehead atoms. The van der Waals surface area contributed by atoms with Crippen molar-refractivity contribution in [2.45, 2.75) is 37.5 Å². The van der Waals surface area contributed by atoms with Crippen LogP contribution in [0.4, 0.5) is 5.69 Å². The highest BCUT2D eigenvalue weighted by molar-refractivity contribution is 7.92. The normalized spacial score (nSPS) is 14.4. The number of aromatic amines is 1. The van der Waals surface area contributed by atoms with E-state index in [-0.39, 0.29) is 0 Å². The standard InChI is InChI=1S/C20H22N2O2S/c1-2-22(15-8-4-3-5-9-15)25(23,24)16-12-13-20-18(14-16)17-10-6-7-11-19(17)21-20/h3-5,8-9,12-14,21H,2,6-7,10-11H2,1H3. The summed E-state index contributed by atoms with van der Waals surface area (Å²) in [5.74, 6) is 0. The van der Waals surface area contributed by atoms with Gasteiger partial charge in [0.15, 0.2) is 0 Å². The van der Waals surface area contributed by atoms with Gasteiger partial charge < -0.3 is 4.98 Å². The quantitative estimate of drug-likeness (QED) is 0.761. The molecule has 0 fully saturated rings. The zero-order valence-electron chi connectivity index (χ0n) is 14.3. The van der Waals surface area contributed by atoms with Crippen LogP contribution in [0.25, 0.3) is 10.9 Å². The maximum absolute atomic E-state index is 13.2. The minimum Gasteiger partial charge on any atom is -0.358 e. The molecule has 0 saturated heterocycles. The molecule has 0 saturated carbocycles. The number of benzene rings is 2. The van der Waals surface area contributed by atoms with E-state index in [1.54, 1.807) is 6.07 Å². The van der Waals surface area contributed by atoms with Crippen LogP contribution in [0.5, 0.6) is 0 Å². The number of sulfonamides is 1.